The van der Waals surface area contributed by atoms with Crippen molar-refractivity contribution in [2.24, 2.45) is 0 Å². The maximum Gasteiger partial charge on any atom is 0.611 e. The second-order valence-electron chi connectivity index (χ2n) is 24.7. The first-order valence-electron chi connectivity index (χ1n) is 29.5. The van der Waals surface area contributed by atoms with Crippen LogP contribution in [0.4, 0.5) is 0 Å². The Morgan fingerprint density at radius 2 is 0.388 bits per heavy atom. The number of ether oxygens (including phenoxy) is 12. The molecule has 4 aliphatic rings. The van der Waals surface area contributed by atoms with Crippen LogP contribution in [-0.4, -0.2) is 83.4 Å². The highest BCUT2D eigenvalue weighted by molar-refractivity contribution is 5.47. The van der Waals surface area contributed by atoms with Crippen LogP contribution < -0.4 is 37.9 Å². The molecule has 4 heterocycles. The predicted octanol–water partition coefficient (Wildman–Crippen LogP) is 14.3. The second-order valence-corrected chi connectivity index (χ2v) is 24.7. The van der Waals surface area contributed by atoms with E-state index in [1.54, 1.807) is 0 Å². The van der Waals surface area contributed by atoms with Crippen molar-refractivity contribution in [2.75, 3.05) is 52.9 Å². The van der Waals surface area contributed by atoms with Gasteiger partial charge in [0.15, 0.2) is 0 Å². The molecule has 0 saturated carbocycles. The lowest BCUT2D eigenvalue weighted by Gasteiger charge is -2.33. The van der Waals surface area contributed by atoms with Gasteiger partial charge in [-0.2, -0.15) is 0 Å². The third-order valence-corrected chi connectivity index (χ3v) is 16.9. The molecule has 4 saturated heterocycles. The first-order valence-corrected chi connectivity index (χ1v) is 29.5. The normalized spacial score (nSPS) is 18.7. The highest BCUT2D eigenvalue weighted by Gasteiger charge is 2.45. The molecule has 0 spiro atoms. The molecule has 8 aromatic carbocycles. The Bertz CT molecular complexity index is 3000. The molecule has 0 N–H and O–H groups in total. The Labute approximate surface area is 499 Å². The minimum Gasteiger partial charge on any atom is -0.491 e. The van der Waals surface area contributed by atoms with Crippen molar-refractivity contribution in [3.8, 4) is 46.0 Å². The van der Waals surface area contributed by atoms with Crippen molar-refractivity contribution in [3.05, 3.63) is 239 Å². The smallest absolute Gasteiger partial charge is 0.491 e. The van der Waals surface area contributed by atoms with Crippen molar-refractivity contribution < 1.29 is 56.8 Å². The van der Waals surface area contributed by atoms with Crippen LogP contribution in [0.2, 0.25) is 0 Å². The van der Waals surface area contributed by atoms with Crippen LogP contribution >= 0.6 is 0 Å². The number of rotatable bonds is 28. The van der Waals surface area contributed by atoms with Crippen molar-refractivity contribution in [3.63, 3.8) is 0 Å². The molecule has 0 radical (unpaired) electrons. The van der Waals surface area contributed by atoms with Crippen LogP contribution in [0, 0.1) is 0 Å². The summed E-state index contributed by atoms with van der Waals surface area (Å²) in [4.78, 5) is 0. The Balaban J connectivity index is 0.866. The summed E-state index contributed by atoms with van der Waals surface area (Å²) in [5, 5.41) is 0. The summed E-state index contributed by atoms with van der Waals surface area (Å²) in [6.45, 7) is 22.8. The van der Waals surface area contributed by atoms with E-state index < -0.39 is 6.16 Å². The van der Waals surface area contributed by atoms with Crippen LogP contribution in [0.15, 0.2) is 194 Å². The largest absolute Gasteiger partial charge is 0.611 e. The topological polar surface area (TPSA) is 124 Å². The highest BCUT2D eigenvalue weighted by atomic mass is 17.0. The van der Waals surface area contributed by atoms with E-state index in [0.717, 1.165) is 93.9 Å². The summed E-state index contributed by atoms with van der Waals surface area (Å²) >= 11 is 0. The van der Waals surface area contributed by atoms with Crippen LogP contribution in [-0.2, 0) is 40.6 Å². The molecule has 12 nitrogen and oxygen atoms in total. The van der Waals surface area contributed by atoms with Crippen LogP contribution in [0.25, 0.3) is 0 Å². The van der Waals surface area contributed by atoms with E-state index in [1.165, 1.54) is 0 Å². The zero-order valence-corrected chi connectivity index (χ0v) is 49.8. The van der Waals surface area contributed by atoms with E-state index >= 15 is 0 Å². The molecule has 440 valence electrons. The summed E-state index contributed by atoms with van der Waals surface area (Å²) in [5.74, 6) is 5.05. The van der Waals surface area contributed by atoms with Crippen molar-refractivity contribution in [2.45, 2.75) is 108 Å². The number of epoxide rings is 4. The molecule has 0 aliphatic carbocycles. The number of hydrogen-bond acceptors (Lipinski definition) is 12. The molecule has 85 heavy (non-hydrogen) atoms. The van der Waals surface area contributed by atoms with Gasteiger partial charge < -0.3 is 56.8 Å². The van der Waals surface area contributed by atoms with Gasteiger partial charge in [0.2, 0.25) is 0 Å². The first kappa shape index (κ1) is 57.4. The monoisotopic (exact) mass is 1140 g/mol. The molecule has 4 atom stereocenters. The van der Waals surface area contributed by atoms with Crippen molar-refractivity contribution in [1.29, 1.82) is 0 Å². The Hall–Kier alpha value is -8.00. The van der Waals surface area contributed by atoms with Crippen molar-refractivity contribution in [1.82, 2.24) is 0 Å². The van der Waals surface area contributed by atoms with E-state index in [0.29, 0.717) is 49.4 Å². The van der Waals surface area contributed by atoms with Crippen LogP contribution in [0.3, 0.4) is 0 Å². The second kappa shape index (κ2) is 23.8. The van der Waals surface area contributed by atoms with E-state index in [-0.39, 0.29) is 46.1 Å². The minimum atomic E-state index is -2.23. The number of hydrogen-bond donors (Lipinski definition) is 0. The zero-order chi connectivity index (χ0) is 58.8. The van der Waals surface area contributed by atoms with Crippen LogP contribution in [0.5, 0.6) is 46.0 Å². The van der Waals surface area contributed by atoms with Gasteiger partial charge >= 0.3 is 6.16 Å². The van der Waals surface area contributed by atoms with Gasteiger partial charge in [-0.15, -0.1) is 0 Å². The Morgan fingerprint density at radius 3 is 0.529 bits per heavy atom. The fraction of sp³-hybridized carbons (Fsp3) is 0.342. The highest BCUT2D eigenvalue weighted by Crippen LogP contribution is 2.41. The Morgan fingerprint density at radius 1 is 0.247 bits per heavy atom. The molecule has 0 bridgehead atoms. The van der Waals surface area contributed by atoms with Gasteiger partial charge in [0.25, 0.3) is 0 Å². The van der Waals surface area contributed by atoms with Gasteiger partial charge in [0.05, 0.1) is 26.4 Å². The summed E-state index contributed by atoms with van der Waals surface area (Å²) in [7, 11) is 0. The lowest BCUT2D eigenvalue weighted by Crippen LogP contribution is -2.53. The lowest BCUT2D eigenvalue weighted by molar-refractivity contribution is -0.367. The van der Waals surface area contributed by atoms with Gasteiger partial charge in [0.1, 0.15) is 96.8 Å². The molecule has 0 amide bonds. The molecule has 12 heteroatoms. The third kappa shape index (κ3) is 14.1. The fourth-order valence-corrected chi connectivity index (χ4v) is 10.4. The van der Waals surface area contributed by atoms with Gasteiger partial charge in [-0.05, 0) is 142 Å². The molecule has 4 aliphatic heterocycles. The van der Waals surface area contributed by atoms with Gasteiger partial charge in [-0.1, -0.05) is 152 Å². The van der Waals surface area contributed by atoms with Gasteiger partial charge in [-0.3, -0.25) is 0 Å². The SMILES string of the molecule is CC(C)(c1ccc(OCC2CO2)cc1)c1ccc(OC(Oc2ccc(C(C)(C)c3ccc(OCC4CO4)cc3)cc2)(Oc2ccc(C(C)(C)c3ccc(OCC4CO4)cc3)cc2)Oc2ccc(C(C)(C)c3ccc(OCC4CO4)cc3)cc2)cc1. The lowest BCUT2D eigenvalue weighted by atomic mass is 9.78. The molecule has 0 aromatic heterocycles. The van der Waals surface area contributed by atoms with E-state index in [2.05, 4.69) is 152 Å². The van der Waals surface area contributed by atoms with E-state index in [9.17, 15) is 0 Å². The number of benzene rings is 8. The van der Waals surface area contributed by atoms with E-state index in [1.807, 2.05) is 97.1 Å². The van der Waals surface area contributed by atoms with Crippen LogP contribution in [0.1, 0.15) is 99.9 Å². The first-order chi connectivity index (χ1) is 41.0. The quantitative estimate of drug-likeness (QED) is 0.0342. The van der Waals surface area contributed by atoms with Gasteiger partial charge in [-0.25, -0.2) is 0 Å². The zero-order valence-electron chi connectivity index (χ0n) is 49.8. The summed E-state index contributed by atoms with van der Waals surface area (Å²) < 4.78 is 73.5. The molecular weight excluding hydrogens is 1070 g/mol. The Kier molecular flexibility index (Phi) is 16.1. The molecule has 8 aromatic rings. The summed E-state index contributed by atoms with van der Waals surface area (Å²) in [6.07, 6.45) is -1.50. The van der Waals surface area contributed by atoms with Gasteiger partial charge in [0, 0.05) is 21.7 Å². The van der Waals surface area contributed by atoms with Crippen molar-refractivity contribution >= 4 is 0 Å². The molecule has 4 unspecified atom stereocenters. The molecule has 12 rings (SSSR count). The average molecular weight is 1150 g/mol. The molecule has 4 fully saturated rings. The summed E-state index contributed by atoms with van der Waals surface area (Å²) in [6, 6.07) is 65.1. The fourth-order valence-electron chi connectivity index (χ4n) is 10.4. The average Bonchev–Trinajstić information content (AvgIpc) is 3.47. The maximum atomic E-state index is 7.05. The minimum absolute atomic E-state index is 0.181. The third-order valence-electron chi connectivity index (χ3n) is 16.9. The molecular formula is C73H76O12. The maximum absolute atomic E-state index is 7.05. The van der Waals surface area contributed by atoms with E-state index in [4.69, 9.17) is 56.8 Å². The predicted molar refractivity (Wildman–Crippen MR) is 326 cm³/mol. The standard InChI is InChI=1S/C73H76O12/c1-69(2,49-9-25-57(26-10-49)74-41-65-45-78-65)53-17-33-61(34-18-53)82-73(83-62-35-19-54(20-36-62)70(3,4)50-11-27-58(28-12-50)75-42-66-46-79-66,84-63-37-21-55(22-38-63)71(5,6)51-13-29-59(30-14-51)76-43-67-47-80-67)85-64-39-23-56(24-40-64)72(7,8)52-15-31-60(32-16-52)77-44-68-48-81-68/h9-40,65-68H,41-48H2,1-8H3. The summed E-state index contributed by atoms with van der Waals surface area (Å²) in [5.41, 5.74) is 7.32.